The number of amides is 1. The molecular formula is C12H22N2O2. The number of nitrogens with two attached hydrogens (primary N) is 1. The first-order chi connectivity index (χ1) is 7.42. The van der Waals surface area contributed by atoms with E-state index in [0.717, 1.165) is 12.8 Å². The number of hydrogen-bond acceptors (Lipinski definition) is 3. The van der Waals surface area contributed by atoms with Gasteiger partial charge >= 0.3 is 6.09 Å². The second-order valence-electron chi connectivity index (χ2n) is 5.92. The lowest BCUT2D eigenvalue weighted by molar-refractivity contribution is 0.00818. The van der Waals surface area contributed by atoms with Gasteiger partial charge in [0.15, 0.2) is 0 Å². The summed E-state index contributed by atoms with van der Waals surface area (Å²) in [5.74, 6) is 0.704. The minimum absolute atomic E-state index is 0.179. The Bertz CT molecular complexity index is 285. The number of fused-ring (bicyclic) bond motifs is 1. The Morgan fingerprint density at radius 1 is 1.44 bits per heavy atom. The number of carbonyl (C=O) groups excluding carboxylic acids is 1. The fourth-order valence-corrected chi connectivity index (χ4v) is 2.53. The van der Waals surface area contributed by atoms with Crippen LogP contribution < -0.4 is 5.73 Å². The van der Waals surface area contributed by atoms with Gasteiger partial charge in [0.25, 0.3) is 0 Å². The Labute approximate surface area is 97.1 Å². The zero-order valence-corrected chi connectivity index (χ0v) is 10.4. The molecule has 92 valence electrons. The third kappa shape index (κ3) is 2.32. The van der Waals surface area contributed by atoms with Crippen LogP contribution in [0.2, 0.25) is 0 Å². The standard InChI is InChI=1S/C12H22N2O2/c1-12(2,3)16-11(15)14-9(7-13)5-4-8-6-10(8)14/h8-10H,4-7,13H2,1-3H3. The first-order valence-corrected chi connectivity index (χ1v) is 6.14. The highest BCUT2D eigenvalue weighted by Crippen LogP contribution is 2.45. The number of carbonyl (C=O) groups is 1. The summed E-state index contributed by atoms with van der Waals surface area (Å²) >= 11 is 0. The highest BCUT2D eigenvalue weighted by atomic mass is 16.6. The molecule has 4 heteroatoms. The largest absolute Gasteiger partial charge is 0.444 e. The molecular weight excluding hydrogens is 204 g/mol. The minimum atomic E-state index is -0.419. The quantitative estimate of drug-likeness (QED) is 0.741. The smallest absolute Gasteiger partial charge is 0.410 e. The van der Waals surface area contributed by atoms with Crippen LogP contribution in [-0.4, -0.2) is 35.2 Å². The van der Waals surface area contributed by atoms with Gasteiger partial charge in [-0.3, -0.25) is 0 Å². The molecule has 16 heavy (non-hydrogen) atoms. The van der Waals surface area contributed by atoms with E-state index in [2.05, 4.69) is 0 Å². The molecule has 2 rings (SSSR count). The molecule has 2 aliphatic rings. The average Bonchev–Trinajstić information content (AvgIpc) is 2.91. The van der Waals surface area contributed by atoms with Crippen LogP contribution in [0.1, 0.15) is 40.0 Å². The Hall–Kier alpha value is -0.770. The van der Waals surface area contributed by atoms with E-state index in [-0.39, 0.29) is 12.1 Å². The summed E-state index contributed by atoms with van der Waals surface area (Å²) in [6, 6.07) is 0.579. The Morgan fingerprint density at radius 3 is 2.69 bits per heavy atom. The molecule has 1 aliphatic heterocycles. The Morgan fingerprint density at radius 2 is 2.12 bits per heavy atom. The second-order valence-corrected chi connectivity index (χ2v) is 5.92. The summed E-state index contributed by atoms with van der Waals surface area (Å²) in [6.07, 6.45) is 3.19. The molecule has 3 atom stereocenters. The zero-order chi connectivity index (χ0) is 11.9. The molecule has 1 saturated heterocycles. The lowest BCUT2D eigenvalue weighted by atomic mass is 10.0. The summed E-state index contributed by atoms with van der Waals surface area (Å²) in [7, 11) is 0. The molecule has 2 N–H and O–H groups in total. The van der Waals surface area contributed by atoms with E-state index < -0.39 is 5.60 Å². The van der Waals surface area contributed by atoms with E-state index in [4.69, 9.17) is 10.5 Å². The third-order valence-corrected chi connectivity index (χ3v) is 3.38. The summed E-state index contributed by atoms with van der Waals surface area (Å²) < 4.78 is 5.44. The van der Waals surface area contributed by atoms with Crippen molar-refractivity contribution in [3.8, 4) is 0 Å². The molecule has 0 spiro atoms. The predicted octanol–water partition coefficient (Wildman–Crippen LogP) is 1.73. The van der Waals surface area contributed by atoms with E-state index in [1.54, 1.807) is 0 Å². The number of likely N-dealkylation sites (tertiary alicyclic amines) is 1. The highest BCUT2D eigenvalue weighted by molar-refractivity contribution is 5.70. The summed E-state index contributed by atoms with van der Waals surface area (Å²) in [5, 5.41) is 0. The molecule has 1 aliphatic carbocycles. The lowest BCUT2D eigenvalue weighted by Crippen LogP contribution is -2.50. The third-order valence-electron chi connectivity index (χ3n) is 3.38. The van der Waals surface area contributed by atoms with Gasteiger partial charge in [-0.05, 0) is 46.0 Å². The predicted molar refractivity (Wildman–Crippen MR) is 62.0 cm³/mol. The molecule has 2 fully saturated rings. The van der Waals surface area contributed by atoms with Gasteiger partial charge in [0, 0.05) is 18.6 Å². The van der Waals surface area contributed by atoms with Gasteiger partial charge in [0.2, 0.25) is 0 Å². The number of piperidine rings is 1. The van der Waals surface area contributed by atoms with Gasteiger partial charge in [-0.15, -0.1) is 0 Å². The topological polar surface area (TPSA) is 55.6 Å². The van der Waals surface area contributed by atoms with Crippen molar-refractivity contribution in [3.05, 3.63) is 0 Å². The second kappa shape index (κ2) is 3.91. The van der Waals surface area contributed by atoms with E-state index in [1.807, 2.05) is 25.7 Å². The first-order valence-electron chi connectivity index (χ1n) is 6.14. The fourth-order valence-electron chi connectivity index (χ4n) is 2.53. The lowest BCUT2D eigenvalue weighted by Gasteiger charge is -2.36. The molecule has 0 bridgehead atoms. The highest BCUT2D eigenvalue weighted by Gasteiger charge is 2.50. The van der Waals surface area contributed by atoms with Crippen molar-refractivity contribution in [1.82, 2.24) is 4.90 Å². The summed E-state index contributed by atoms with van der Waals surface area (Å²) in [5.41, 5.74) is 5.31. The normalized spacial score (nSPS) is 33.2. The van der Waals surface area contributed by atoms with E-state index in [9.17, 15) is 4.79 Å². The molecule has 0 aromatic carbocycles. The fraction of sp³-hybridized carbons (Fsp3) is 0.917. The number of ether oxygens (including phenoxy) is 1. The zero-order valence-electron chi connectivity index (χ0n) is 10.4. The van der Waals surface area contributed by atoms with Crippen LogP contribution in [0.5, 0.6) is 0 Å². The SMILES string of the molecule is CC(C)(C)OC(=O)N1C(CN)CCC2CC21. The maximum atomic E-state index is 12.1. The van der Waals surface area contributed by atoms with Crippen molar-refractivity contribution < 1.29 is 9.53 Å². The van der Waals surface area contributed by atoms with Crippen molar-refractivity contribution in [1.29, 1.82) is 0 Å². The van der Waals surface area contributed by atoms with Crippen molar-refractivity contribution >= 4 is 6.09 Å². The Kier molecular flexibility index (Phi) is 2.86. The van der Waals surface area contributed by atoms with Crippen molar-refractivity contribution in [2.24, 2.45) is 11.7 Å². The molecule has 4 nitrogen and oxygen atoms in total. The van der Waals surface area contributed by atoms with Gasteiger partial charge in [0.1, 0.15) is 5.60 Å². The first kappa shape index (κ1) is 11.7. The summed E-state index contributed by atoms with van der Waals surface area (Å²) in [4.78, 5) is 14.0. The number of nitrogens with zero attached hydrogens (tertiary/aromatic N) is 1. The van der Waals surface area contributed by atoms with E-state index in [1.165, 1.54) is 6.42 Å². The summed E-state index contributed by atoms with van der Waals surface area (Å²) in [6.45, 7) is 6.24. The molecule has 1 amide bonds. The number of rotatable bonds is 1. The number of hydrogen-bond donors (Lipinski definition) is 1. The molecule has 0 aromatic rings. The van der Waals surface area contributed by atoms with Gasteiger partial charge in [-0.2, -0.15) is 0 Å². The van der Waals surface area contributed by atoms with Gasteiger partial charge in [0.05, 0.1) is 0 Å². The minimum Gasteiger partial charge on any atom is -0.444 e. The van der Waals surface area contributed by atoms with Crippen LogP contribution >= 0.6 is 0 Å². The van der Waals surface area contributed by atoms with Gasteiger partial charge in [-0.1, -0.05) is 0 Å². The van der Waals surface area contributed by atoms with Crippen molar-refractivity contribution in [3.63, 3.8) is 0 Å². The van der Waals surface area contributed by atoms with Crippen LogP contribution in [0.15, 0.2) is 0 Å². The maximum absolute atomic E-state index is 12.1. The van der Waals surface area contributed by atoms with Crippen LogP contribution in [-0.2, 0) is 4.74 Å². The van der Waals surface area contributed by atoms with E-state index >= 15 is 0 Å². The average molecular weight is 226 g/mol. The van der Waals surface area contributed by atoms with Gasteiger partial charge < -0.3 is 15.4 Å². The van der Waals surface area contributed by atoms with Gasteiger partial charge in [-0.25, -0.2) is 4.79 Å². The maximum Gasteiger partial charge on any atom is 0.410 e. The Balaban J connectivity index is 2.02. The van der Waals surface area contributed by atoms with Crippen molar-refractivity contribution in [2.75, 3.05) is 6.54 Å². The molecule has 1 heterocycles. The molecule has 3 unspecified atom stereocenters. The van der Waals surface area contributed by atoms with Crippen LogP contribution in [0.25, 0.3) is 0 Å². The molecule has 0 aromatic heterocycles. The molecule has 1 saturated carbocycles. The van der Waals surface area contributed by atoms with Crippen molar-refractivity contribution in [2.45, 2.75) is 57.7 Å². The monoisotopic (exact) mass is 226 g/mol. The van der Waals surface area contributed by atoms with Crippen LogP contribution in [0, 0.1) is 5.92 Å². The van der Waals surface area contributed by atoms with Crippen LogP contribution in [0.4, 0.5) is 4.79 Å². The van der Waals surface area contributed by atoms with E-state index in [0.29, 0.717) is 18.5 Å². The van der Waals surface area contributed by atoms with Crippen LogP contribution in [0.3, 0.4) is 0 Å². The molecule has 0 radical (unpaired) electrons.